The highest BCUT2D eigenvalue weighted by Crippen LogP contribution is 2.38. The largest absolute Gasteiger partial charge is 0.362 e. The van der Waals surface area contributed by atoms with Crippen molar-refractivity contribution in [2.75, 3.05) is 18.7 Å². The fraction of sp³-hybridized carbons (Fsp3) is 0.571. The van der Waals surface area contributed by atoms with E-state index >= 15 is 0 Å². The molecule has 0 amide bonds. The van der Waals surface area contributed by atoms with Crippen LogP contribution < -0.4 is 5.32 Å². The van der Waals surface area contributed by atoms with Crippen LogP contribution in [0.25, 0.3) is 0 Å². The van der Waals surface area contributed by atoms with Crippen molar-refractivity contribution < 1.29 is 4.74 Å². The summed E-state index contributed by atoms with van der Waals surface area (Å²) in [6.45, 7) is 8.21. The average Bonchev–Trinajstić information content (AvgIpc) is 2.38. The molecule has 0 saturated heterocycles. The van der Waals surface area contributed by atoms with E-state index in [1.807, 2.05) is 0 Å². The van der Waals surface area contributed by atoms with Crippen molar-refractivity contribution in [3.05, 3.63) is 28.2 Å². The molecular formula is C14H20BrNO. The van der Waals surface area contributed by atoms with Gasteiger partial charge < -0.3 is 10.1 Å². The molecule has 0 radical (unpaired) electrons. The molecule has 2 nitrogen and oxygen atoms in total. The first kappa shape index (κ1) is 12.9. The minimum Gasteiger partial charge on any atom is -0.362 e. The third kappa shape index (κ3) is 2.83. The van der Waals surface area contributed by atoms with E-state index in [0.29, 0.717) is 12.6 Å². The molecule has 0 aromatic heterocycles. The number of anilines is 1. The van der Waals surface area contributed by atoms with Crippen LogP contribution >= 0.6 is 15.9 Å². The lowest BCUT2D eigenvalue weighted by molar-refractivity contribution is 0.0984. The van der Waals surface area contributed by atoms with Gasteiger partial charge >= 0.3 is 0 Å². The zero-order chi connectivity index (χ0) is 12.5. The van der Waals surface area contributed by atoms with Crippen LogP contribution in [0.1, 0.15) is 32.8 Å². The molecule has 1 N–H and O–H groups in total. The van der Waals surface area contributed by atoms with Gasteiger partial charge in [0.2, 0.25) is 0 Å². The van der Waals surface area contributed by atoms with E-state index in [1.165, 1.54) is 11.3 Å². The van der Waals surface area contributed by atoms with E-state index in [1.54, 1.807) is 0 Å². The van der Waals surface area contributed by atoms with Gasteiger partial charge in [0.1, 0.15) is 6.73 Å². The lowest BCUT2D eigenvalue weighted by atomic mass is 9.76. The maximum Gasteiger partial charge on any atom is 0.116 e. The van der Waals surface area contributed by atoms with E-state index in [-0.39, 0.29) is 5.41 Å². The highest BCUT2D eigenvalue weighted by molar-refractivity contribution is 9.10. The second kappa shape index (κ2) is 4.99. The zero-order valence-electron chi connectivity index (χ0n) is 10.7. The lowest BCUT2D eigenvalue weighted by Gasteiger charge is -2.31. The van der Waals surface area contributed by atoms with Gasteiger partial charge in [-0.05, 0) is 36.1 Å². The van der Waals surface area contributed by atoms with Gasteiger partial charge in [-0.3, -0.25) is 0 Å². The average molecular weight is 298 g/mol. The Kier molecular flexibility index (Phi) is 3.79. The van der Waals surface area contributed by atoms with E-state index in [9.17, 15) is 0 Å². The first-order chi connectivity index (χ1) is 8.01. The molecule has 1 heterocycles. The van der Waals surface area contributed by atoms with Gasteiger partial charge in [-0.15, -0.1) is 0 Å². The third-order valence-corrected chi connectivity index (χ3v) is 3.77. The van der Waals surface area contributed by atoms with E-state index in [0.717, 1.165) is 17.5 Å². The molecule has 17 heavy (non-hydrogen) atoms. The summed E-state index contributed by atoms with van der Waals surface area (Å²) in [5.41, 5.74) is 2.66. The van der Waals surface area contributed by atoms with Crippen molar-refractivity contribution in [1.29, 1.82) is 0 Å². The minimum atomic E-state index is 0.0940. The predicted molar refractivity (Wildman–Crippen MR) is 75.4 cm³/mol. The van der Waals surface area contributed by atoms with Crippen LogP contribution in [-0.4, -0.2) is 13.3 Å². The van der Waals surface area contributed by atoms with Crippen LogP contribution in [0.15, 0.2) is 22.7 Å². The van der Waals surface area contributed by atoms with Crippen LogP contribution in [0.3, 0.4) is 0 Å². The Morgan fingerprint density at radius 1 is 1.47 bits per heavy atom. The smallest absolute Gasteiger partial charge is 0.116 e. The molecule has 1 aromatic carbocycles. The third-order valence-electron chi connectivity index (χ3n) is 3.28. The number of fused-ring (bicyclic) bond motifs is 1. The molecule has 1 aliphatic rings. The van der Waals surface area contributed by atoms with Crippen molar-refractivity contribution in [1.82, 2.24) is 0 Å². The Bertz CT molecular complexity index is 405. The second-order valence-corrected chi connectivity index (χ2v) is 6.43. The molecular weight excluding hydrogens is 278 g/mol. The highest BCUT2D eigenvalue weighted by atomic mass is 79.9. The summed E-state index contributed by atoms with van der Waals surface area (Å²) in [6, 6.07) is 6.43. The van der Waals surface area contributed by atoms with E-state index in [2.05, 4.69) is 60.2 Å². The summed E-state index contributed by atoms with van der Waals surface area (Å²) >= 11 is 3.57. The summed E-state index contributed by atoms with van der Waals surface area (Å²) in [7, 11) is 0. The van der Waals surface area contributed by atoms with Gasteiger partial charge in [0.05, 0.1) is 6.61 Å². The molecule has 0 bridgehead atoms. The van der Waals surface area contributed by atoms with Crippen molar-refractivity contribution in [3.8, 4) is 0 Å². The zero-order valence-corrected chi connectivity index (χ0v) is 12.3. The monoisotopic (exact) mass is 297 g/mol. The highest BCUT2D eigenvalue weighted by Gasteiger charge is 2.32. The van der Waals surface area contributed by atoms with Crippen molar-refractivity contribution in [3.63, 3.8) is 0 Å². The van der Waals surface area contributed by atoms with Gasteiger partial charge in [0.15, 0.2) is 0 Å². The number of rotatable bonds is 2. The molecule has 1 aliphatic heterocycles. The summed E-state index contributed by atoms with van der Waals surface area (Å²) < 4.78 is 6.84. The molecule has 3 heteroatoms. The van der Waals surface area contributed by atoms with Gasteiger partial charge in [-0.2, -0.15) is 0 Å². The number of halogens is 1. The van der Waals surface area contributed by atoms with Gasteiger partial charge in [0, 0.05) is 15.6 Å². The van der Waals surface area contributed by atoms with E-state index in [4.69, 9.17) is 4.74 Å². The predicted octanol–water partition coefficient (Wildman–Crippen LogP) is 4.15. The summed E-state index contributed by atoms with van der Waals surface area (Å²) in [6.07, 6.45) is 1.14. The van der Waals surface area contributed by atoms with Gasteiger partial charge in [-0.25, -0.2) is 0 Å². The van der Waals surface area contributed by atoms with Crippen LogP contribution in [0.4, 0.5) is 5.69 Å². The Morgan fingerprint density at radius 2 is 2.24 bits per heavy atom. The Balaban J connectivity index is 2.44. The first-order valence-electron chi connectivity index (χ1n) is 6.13. The molecule has 0 fully saturated rings. The maximum absolute atomic E-state index is 5.71. The SMILES string of the molecule is CC(C)CC1(C)COCNc2ccc(Br)cc21. The molecule has 94 valence electrons. The van der Waals surface area contributed by atoms with Crippen LogP contribution in [-0.2, 0) is 10.2 Å². The second-order valence-electron chi connectivity index (χ2n) is 5.52. The van der Waals surface area contributed by atoms with Crippen LogP contribution in [0, 0.1) is 5.92 Å². The quantitative estimate of drug-likeness (QED) is 0.885. The molecule has 0 saturated carbocycles. The summed E-state index contributed by atoms with van der Waals surface area (Å²) in [5.74, 6) is 0.661. The molecule has 1 unspecified atom stereocenters. The first-order valence-corrected chi connectivity index (χ1v) is 6.92. The normalized spacial score (nSPS) is 24.1. The van der Waals surface area contributed by atoms with Crippen LogP contribution in [0.2, 0.25) is 0 Å². The Hall–Kier alpha value is -0.540. The van der Waals surface area contributed by atoms with Crippen molar-refractivity contribution >= 4 is 21.6 Å². The molecule has 1 atom stereocenters. The number of hydrogen-bond acceptors (Lipinski definition) is 2. The standard InChI is InChI=1S/C14H20BrNO/c1-10(2)7-14(3)8-17-9-16-13-5-4-11(15)6-12(13)14/h4-6,10,16H,7-9H2,1-3H3. The Morgan fingerprint density at radius 3 is 2.94 bits per heavy atom. The number of nitrogens with one attached hydrogen (secondary N) is 1. The summed E-state index contributed by atoms with van der Waals surface area (Å²) in [5, 5.41) is 3.34. The number of benzene rings is 1. The lowest BCUT2D eigenvalue weighted by Crippen LogP contribution is -2.29. The fourth-order valence-corrected chi connectivity index (χ4v) is 3.08. The van der Waals surface area contributed by atoms with Gasteiger partial charge in [-0.1, -0.05) is 36.7 Å². The van der Waals surface area contributed by atoms with E-state index < -0.39 is 0 Å². The number of ether oxygens (including phenoxy) is 1. The van der Waals surface area contributed by atoms with Crippen molar-refractivity contribution in [2.24, 2.45) is 5.92 Å². The fourth-order valence-electron chi connectivity index (χ4n) is 2.72. The maximum atomic E-state index is 5.71. The van der Waals surface area contributed by atoms with Gasteiger partial charge in [0.25, 0.3) is 0 Å². The number of hydrogen-bond donors (Lipinski definition) is 1. The molecule has 0 spiro atoms. The molecule has 1 aromatic rings. The molecule has 2 rings (SSSR count). The Labute approximate surface area is 112 Å². The topological polar surface area (TPSA) is 21.3 Å². The molecule has 0 aliphatic carbocycles. The van der Waals surface area contributed by atoms with Crippen molar-refractivity contribution in [2.45, 2.75) is 32.6 Å². The van der Waals surface area contributed by atoms with Crippen LogP contribution in [0.5, 0.6) is 0 Å². The summed E-state index contributed by atoms with van der Waals surface area (Å²) in [4.78, 5) is 0. The minimum absolute atomic E-state index is 0.0940.